The molecule has 0 aliphatic heterocycles. The molecule has 1 saturated carbocycles. The van der Waals surface area contributed by atoms with E-state index in [1.165, 1.54) is 24.1 Å². The summed E-state index contributed by atoms with van der Waals surface area (Å²) in [5.74, 6) is 1.72. The Kier molecular flexibility index (Phi) is 3.81. The minimum Gasteiger partial charge on any atom is -0.309 e. The van der Waals surface area contributed by atoms with Crippen molar-refractivity contribution in [1.82, 2.24) is 5.32 Å². The number of nitrogens with one attached hydrogen (secondary N) is 1. The summed E-state index contributed by atoms with van der Waals surface area (Å²) in [6.45, 7) is 5.85. The second kappa shape index (κ2) is 5.13. The van der Waals surface area contributed by atoms with Crippen molar-refractivity contribution in [3.8, 4) is 0 Å². The fourth-order valence-corrected chi connectivity index (χ4v) is 3.17. The fraction of sp³-hybridized carbons (Fsp3) is 0.692. The van der Waals surface area contributed by atoms with Gasteiger partial charge in [-0.05, 0) is 29.7 Å². The normalized spacial score (nSPS) is 31.7. The second-order valence-corrected chi connectivity index (χ2v) is 5.87. The highest BCUT2D eigenvalue weighted by Gasteiger charge is 2.26. The van der Waals surface area contributed by atoms with Gasteiger partial charge in [0.05, 0.1) is 0 Å². The summed E-state index contributed by atoms with van der Waals surface area (Å²) in [5, 5.41) is 5.87. The Morgan fingerprint density at radius 2 is 2.27 bits per heavy atom. The fourth-order valence-electron chi connectivity index (χ4n) is 2.51. The van der Waals surface area contributed by atoms with Gasteiger partial charge < -0.3 is 5.32 Å². The Hall–Kier alpha value is -0.340. The number of rotatable bonds is 3. The highest BCUT2D eigenvalue weighted by Crippen LogP contribution is 2.29. The second-order valence-electron chi connectivity index (χ2n) is 4.83. The zero-order valence-electron chi connectivity index (χ0n) is 9.70. The van der Waals surface area contributed by atoms with E-state index in [1.807, 2.05) is 11.3 Å². The zero-order valence-corrected chi connectivity index (χ0v) is 10.5. The van der Waals surface area contributed by atoms with Crippen LogP contribution in [0, 0.1) is 11.8 Å². The molecule has 2 heteroatoms. The van der Waals surface area contributed by atoms with E-state index in [-0.39, 0.29) is 0 Å². The lowest BCUT2D eigenvalue weighted by atomic mass is 9.78. The van der Waals surface area contributed by atoms with Crippen molar-refractivity contribution in [1.29, 1.82) is 0 Å². The Labute approximate surface area is 96.9 Å². The van der Waals surface area contributed by atoms with Crippen LogP contribution in [0.4, 0.5) is 0 Å². The minimum absolute atomic E-state index is 0.732. The summed E-state index contributed by atoms with van der Waals surface area (Å²) in [5.41, 5.74) is 0. The van der Waals surface area contributed by atoms with Crippen LogP contribution in [-0.4, -0.2) is 6.04 Å². The lowest BCUT2D eigenvalue weighted by molar-refractivity contribution is 0.206. The van der Waals surface area contributed by atoms with Gasteiger partial charge in [0.1, 0.15) is 0 Å². The molecular formula is C13H21NS. The van der Waals surface area contributed by atoms with Crippen molar-refractivity contribution < 1.29 is 0 Å². The van der Waals surface area contributed by atoms with Crippen molar-refractivity contribution in [3.63, 3.8) is 0 Å². The molecule has 0 radical (unpaired) electrons. The molecule has 1 aromatic heterocycles. The zero-order chi connectivity index (χ0) is 10.7. The van der Waals surface area contributed by atoms with Gasteiger partial charge in [0, 0.05) is 17.5 Å². The molecule has 1 aromatic rings. The van der Waals surface area contributed by atoms with Crippen LogP contribution in [0.1, 0.15) is 38.0 Å². The van der Waals surface area contributed by atoms with Crippen LogP contribution < -0.4 is 5.32 Å². The molecule has 0 spiro atoms. The summed E-state index contributed by atoms with van der Waals surface area (Å²) < 4.78 is 0. The van der Waals surface area contributed by atoms with Gasteiger partial charge in [-0.25, -0.2) is 0 Å². The third-order valence-electron chi connectivity index (χ3n) is 3.83. The van der Waals surface area contributed by atoms with Crippen molar-refractivity contribution in [2.45, 2.75) is 45.7 Å². The predicted octanol–water partition coefficient (Wildman–Crippen LogP) is 3.66. The van der Waals surface area contributed by atoms with E-state index in [4.69, 9.17) is 0 Å². The number of hydrogen-bond acceptors (Lipinski definition) is 2. The first-order chi connectivity index (χ1) is 7.27. The van der Waals surface area contributed by atoms with Gasteiger partial charge >= 0.3 is 0 Å². The summed E-state index contributed by atoms with van der Waals surface area (Å²) in [7, 11) is 0. The largest absolute Gasteiger partial charge is 0.309 e. The van der Waals surface area contributed by atoms with Gasteiger partial charge in [0.2, 0.25) is 0 Å². The molecule has 1 fully saturated rings. The Morgan fingerprint density at radius 3 is 3.00 bits per heavy atom. The average molecular weight is 223 g/mol. The molecule has 0 bridgehead atoms. The van der Waals surface area contributed by atoms with Gasteiger partial charge in [0.15, 0.2) is 0 Å². The van der Waals surface area contributed by atoms with E-state index >= 15 is 0 Å². The SMILES string of the molecule is C[C@H]1[C@H](C)CCC[C@@H]1NCc1cccs1. The minimum atomic E-state index is 0.732. The average Bonchev–Trinajstić information content (AvgIpc) is 2.73. The highest BCUT2D eigenvalue weighted by atomic mass is 32.1. The van der Waals surface area contributed by atoms with Crippen LogP contribution in [0.2, 0.25) is 0 Å². The molecule has 1 heterocycles. The highest BCUT2D eigenvalue weighted by molar-refractivity contribution is 7.09. The third kappa shape index (κ3) is 2.82. The molecule has 0 unspecified atom stereocenters. The van der Waals surface area contributed by atoms with Gasteiger partial charge in [-0.2, -0.15) is 0 Å². The van der Waals surface area contributed by atoms with Crippen molar-refractivity contribution in [2.24, 2.45) is 11.8 Å². The first kappa shape index (κ1) is 11.2. The first-order valence-corrected chi connectivity index (χ1v) is 6.91. The van der Waals surface area contributed by atoms with Crippen molar-refractivity contribution in [3.05, 3.63) is 22.4 Å². The molecule has 1 nitrogen and oxygen atoms in total. The predicted molar refractivity (Wildman–Crippen MR) is 67.1 cm³/mol. The number of hydrogen-bond donors (Lipinski definition) is 1. The standard InChI is InChI=1S/C13H21NS/c1-10-5-3-7-13(11(10)2)14-9-12-6-4-8-15-12/h4,6,8,10-11,13-14H,3,5,7,9H2,1-2H3/t10-,11+,13+/m1/s1. The smallest absolute Gasteiger partial charge is 0.0302 e. The van der Waals surface area contributed by atoms with Crippen LogP contribution in [-0.2, 0) is 6.54 Å². The van der Waals surface area contributed by atoms with Crippen molar-refractivity contribution >= 4 is 11.3 Å². The quantitative estimate of drug-likeness (QED) is 0.824. The van der Waals surface area contributed by atoms with E-state index in [0.29, 0.717) is 0 Å². The molecular weight excluding hydrogens is 202 g/mol. The van der Waals surface area contributed by atoms with Gasteiger partial charge in [-0.15, -0.1) is 11.3 Å². The van der Waals surface area contributed by atoms with E-state index in [2.05, 4.69) is 36.7 Å². The van der Waals surface area contributed by atoms with Gasteiger partial charge in [0.25, 0.3) is 0 Å². The Bertz CT molecular complexity index is 281. The lowest BCUT2D eigenvalue weighted by Crippen LogP contribution is -2.40. The molecule has 2 rings (SSSR count). The van der Waals surface area contributed by atoms with Crippen LogP contribution in [0.15, 0.2) is 17.5 Å². The maximum absolute atomic E-state index is 3.71. The third-order valence-corrected chi connectivity index (χ3v) is 4.70. The molecule has 0 saturated heterocycles. The molecule has 0 amide bonds. The maximum atomic E-state index is 3.71. The molecule has 1 aliphatic carbocycles. The van der Waals surface area contributed by atoms with E-state index in [9.17, 15) is 0 Å². The van der Waals surface area contributed by atoms with Crippen LogP contribution in [0.5, 0.6) is 0 Å². The molecule has 0 aromatic carbocycles. The van der Waals surface area contributed by atoms with E-state index in [0.717, 1.165) is 24.4 Å². The first-order valence-electron chi connectivity index (χ1n) is 6.03. The van der Waals surface area contributed by atoms with E-state index in [1.54, 1.807) is 0 Å². The monoisotopic (exact) mass is 223 g/mol. The summed E-state index contributed by atoms with van der Waals surface area (Å²) in [4.78, 5) is 1.46. The Morgan fingerprint density at radius 1 is 1.40 bits per heavy atom. The van der Waals surface area contributed by atoms with Crippen LogP contribution >= 0.6 is 11.3 Å². The molecule has 84 valence electrons. The topological polar surface area (TPSA) is 12.0 Å². The lowest BCUT2D eigenvalue weighted by Gasteiger charge is -2.34. The summed E-state index contributed by atoms with van der Waals surface area (Å²) in [6, 6.07) is 5.08. The molecule has 1 aliphatic rings. The number of thiophene rings is 1. The van der Waals surface area contributed by atoms with Gasteiger partial charge in [-0.1, -0.05) is 32.8 Å². The summed E-state index contributed by atoms with van der Waals surface area (Å²) >= 11 is 1.85. The molecule has 1 N–H and O–H groups in total. The summed E-state index contributed by atoms with van der Waals surface area (Å²) in [6.07, 6.45) is 4.17. The Balaban J connectivity index is 1.83. The molecule has 15 heavy (non-hydrogen) atoms. The van der Waals surface area contributed by atoms with Gasteiger partial charge in [-0.3, -0.25) is 0 Å². The molecule has 3 atom stereocenters. The van der Waals surface area contributed by atoms with E-state index < -0.39 is 0 Å². The van der Waals surface area contributed by atoms with Crippen molar-refractivity contribution in [2.75, 3.05) is 0 Å². The van der Waals surface area contributed by atoms with Crippen LogP contribution in [0.25, 0.3) is 0 Å². The van der Waals surface area contributed by atoms with Crippen LogP contribution in [0.3, 0.4) is 0 Å². The maximum Gasteiger partial charge on any atom is 0.0302 e.